The zero-order valence-corrected chi connectivity index (χ0v) is 27.6. The summed E-state index contributed by atoms with van der Waals surface area (Å²) in [4.78, 5) is 28.7. The van der Waals surface area contributed by atoms with Crippen molar-refractivity contribution in [2.24, 2.45) is 0 Å². The van der Waals surface area contributed by atoms with Crippen LogP contribution in [0.5, 0.6) is 5.75 Å². The minimum atomic E-state index is -4.19. The second kappa shape index (κ2) is 15.6. The Morgan fingerprint density at radius 1 is 0.952 bits per heavy atom. The van der Waals surface area contributed by atoms with Crippen LogP contribution in [0.15, 0.2) is 76.1 Å². The number of rotatable bonds is 14. The van der Waals surface area contributed by atoms with Crippen molar-refractivity contribution in [2.45, 2.75) is 51.1 Å². The average Bonchev–Trinajstić information content (AvgIpc) is 2.97. The first kappa shape index (κ1) is 33.7. The van der Waals surface area contributed by atoms with Crippen LogP contribution in [0.4, 0.5) is 5.69 Å². The Labute approximate surface area is 266 Å². The van der Waals surface area contributed by atoms with Crippen molar-refractivity contribution in [3.8, 4) is 5.75 Å². The van der Waals surface area contributed by atoms with Crippen molar-refractivity contribution < 1.29 is 22.7 Å². The maximum Gasteiger partial charge on any atom is 0.264 e. The standard InChI is InChI=1S/C30H34BrCl2N3O5S/c1-4-17-34-30(38)28(5-2)35(19-21-7-16-26(32)27(33)18-21)29(37)20-36(23-10-12-24(13-11-23)41-6-3)42(39,40)25-14-8-22(31)9-15-25/h7-16,18,28H,4-6,17,19-20H2,1-3H3,(H,34,38). The zero-order chi connectivity index (χ0) is 30.9. The van der Waals surface area contributed by atoms with Gasteiger partial charge in [0.2, 0.25) is 11.8 Å². The van der Waals surface area contributed by atoms with Gasteiger partial charge < -0.3 is 15.0 Å². The van der Waals surface area contributed by atoms with E-state index in [0.29, 0.717) is 45.4 Å². The number of nitrogens with zero attached hydrogens (tertiary/aromatic N) is 2. The molecule has 1 N–H and O–H groups in total. The van der Waals surface area contributed by atoms with E-state index in [1.54, 1.807) is 61.5 Å². The predicted molar refractivity (Wildman–Crippen MR) is 171 cm³/mol. The molecule has 0 spiro atoms. The second-order valence-corrected chi connectivity index (χ2v) is 13.0. The Hall–Kier alpha value is -2.79. The third-order valence-corrected chi connectivity index (χ3v) is 9.44. The summed E-state index contributed by atoms with van der Waals surface area (Å²) < 4.78 is 35.2. The molecule has 0 aliphatic heterocycles. The molecule has 0 fully saturated rings. The molecule has 0 saturated carbocycles. The molecule has 3 rings (SSSR count). The number of hydrogen-bond donors (Lipinski definition) is 1. The minimum Gasteiger partial charge on any atom is -0.494 e. The lowest BCUT2D eigenvalue weighted by atomic mass is 10.1. The second-order valence-electron chi connectivity index (χ2n) is 9.38. The van der Waals surface area contributed by atoms with Crippen LogP contribution in [0.1, 0.15) is 39.2 Å². The van der Waals surface area contributed by atoms with E-state index >= 15 is 0 Å². The van der Waals surface area contributed by atoms with Gasteiger partial charge >= 0.3 is 0 Å². The summed E-state index contributed by atoms with van der Waals surface area (Å²) in [5, 5.41) is 3.52. The van der Waals surface area contributed by atoms with Gasteiger partial charge in [0.1, 0.15) is 18.3 Å². The highest BCUT2D eigenvalue weighted by Crippen LogP contribution is 2.28. The first-order valence-corrected chi connectivity index (χ1v) is 16.5. The van der Waals surface area contributed by atoms with Gasteiger partial charge in [-0.2, -0.15) is 0 Å². The number of nitrogens with one attached hydrogen (secondary N) is 1. The van der Waals surface area contributed by atoms with Gasteiger partial charge in [0.25, 0.3) is 10.0 Å². The Kier molecular flexibility index (Phi) is 12.5. The molecule has 0 bridgehead atoms. The summed E-state index contributed by atoms with van der Waals surface area (Å²) in [6.07, 6.45) is 1.03. The van der Waals surface area contributed by atoms with E-state index in [1.165, 1.54) is 17.0 Å². The average molecular weight is 699 g/mol. The summed E-state index contributed by atoms with van der Waals surface area (Å²) in [5.41, 5.74) is 0.913. The van der Waals surface area contributed by atoms with Crippen molar-refractivity contribution in [3.05, 3.63) is 86.8 Å². The molecule has 8 nitrogen and oxygen atoms in total. The molecule has 0 aromatic heterocycles. The molecule has 12 heteroatoms. The molecule has 3 aromatic rings. The van der Waals surface area contributed by atoms with E-state index in [-0.39, 0.29) is 23.0 Å². The fourth-order valence-corrected chi connectivity index (χ4v) is 6.26. The summed E-state index contributed by atoms with van der Waals surface area (Å²) in [6.45, 7) is 5.94. The number of hydrogen-bond acceptors (Lipinski definition) is 5. The third-order valence-electron chi connectivity index (χ3n) is 6.39. The lowest BCUT2D eigenvalue weighted by Crippen LogP contribution is -2.52. The molecule has 0 saturated heterocycles. The molecule has 1 atom stereocenters. The largest absolute Gasteiger partial charge is 0.494 e. The van der Waals surface area contributed by atoms with Gasteiger partial charge in [-0.25, -0.2) is 8.42 Å². The van der Waals surface area contributed by atoms with Crippen molar-refractivity contribution in [2.75, 3.05) is 24.0 Å². The topological polar surface area (TPSA) is 96.0 Å². The quantitative estimate of drug-likeness (QED) is 0.203. The Balaban J connectivity index is 2.06. The molecular formula is C30H34BrCl2N3O5S. The molecule has 226 valence electrons. The lowest BCUT2D eigenvalue weighted by Gasteiger charge is -2.33. The van der Waals surface area contributed by atoms with E-state index in [0.717, 1.165) is 10.7 Å². The first-order valence-electron chi connectivity index (χ1n) is 13.5. The van der Waals surface area contributed by atoms with Crippen LogP contribution in [0.2, 0.25) is 10.0 Å². The van der Waals surface area contributed by atoms with Crippen LogP contribution in [0.25, 0.3) is 0 Å². The normalized spacial score (nSPS) is 12.0. The highest BCUT2D eigenvalue weighted by Gasteiger charge is 2.33. The summed E-state index contributed by atoms with van der Waals surface area (Å²) in [5.74, 6) is -0.321. The molecule has 0 aliphatic carbocycles. The molecular weight excluding hydrogens is 665 g/mol. The SMILES string of the molecule is CCCNC(=O)C(CC)N(Cc1ccc(Cl)c(Cl)c1)C(=O)CN(c1ccc(OCC)cc1)S(=O)(=O)c1ccc(Br)cc1. The molecule has 0 radical (unpaired) electrons. The maximum absolute atomic E-state index is 14.1. The highest BCUT2D eigenvalue weighted by molar-refractivity contribution is 9.10. The maximum atomic E-state index is 14.1. The van der Waals surface area contributed by atoms with Crippen LogP contribution in [0, 0.1) is 0 Å². The van der Waals surface area contributed by atoms with Gasteiger partial charge in [0.15, 0.2) is 0 Å². The number of halogens is 3. The summed E-state index contributed by atoms with van der Waals surface area (Å²) >= 11 is 15.7. The van der Waals surface area contributed by atoms with E-state index in [4.69, 9.17) is 27.9 Å². The van der Waals surface area contributed by atoms with E-state index < -0.39 is 28.5 Å². The number of carbonyl (C=O) groups is 2. The summed E-state index contributed by atoms with van der Waals surface area (Å²) in [7, 11) is -4.19. The van der Waals surface area contributed by atoms with Crippen molar-refractivity contribution in [1.29, 1.82) is 0 Å². The first-order chi connectivity index (χ1) is 20.0. The number of amides is 2. The monoisotopic (exact) mass is 697 g/mol. The Morgan fingerprint density at radius 2 is 1.62 bits per heavy atom. The van der Waals surface area contributed by atoms with Crippen LogP contribution >= 0.6 is 39.1 Å². The van der Waals surface area contributed by atoms with Gasteiger partial charge in [-0.05, 0) is 86.0 Å². The zero-order valence-electron chi connectivity index (χ0n) is 23.6. The predicted octanol–water partition coefficient (Wildman–Crippen LogP) is 6.68. The van der Waals surface area contributed by atoms with Crippen LogP contribution in [0.3, 0.4) is 0 Å². The van der Waals surface area contributed by atoms with Gasteiger partial charge in [-0.15, -0.1) is 0 Å². The fourth-order valence-electron chi connectivity index (χ4n) is 4.26. The number of carbonyl (C=O) groups excluding carboxylic acids is 2. The molecule has 1 unspecified atom stereocenters. The lowest BCUT2D eigenvalue weighted by molar-refractivity contribution is -0.140. The van der Waals surface area contributed by atoms with Crippen LogP contribution < -0.4 is 14.4 Å². The van der Waals surface area contributed by atoms with Gasteiger partial charge in [0, 0.05) is 17.6 Å². The molecule has 42 heavy (non-hydrogen) atoms. The number of anilines is 1. The number of sulfonamides is 1. The van der Waals surface area contributed by atoms with Crippen LogP contribution in [-0.2, 0) is 26.2 Å². The molecule has 3 aromatic carbocycles. The molecule has 2 amide bonds. The molecule has 0 heterocycles. The summed E-state index contributed by atoms with van der Waals surface area (Å²) in [6, 6.07) is 16.7. The third kappa shape index (κ3) is 8.63. The van der Waals surface area contributed by atoms with Crippen molar-refractivity contribution in [3.63, 3.8) is 0 Å². The Bertz CT molecular complexity index is 1470. The highest BCUT2D eigenvalue weighted by atomic mass is 79.9. The fraction of sp³-hybridized carbons (Fsp3) is 0.333. The molecule has 0 aliphatic rings. The van der Waals surface area contributed by atoms with Gasteiger partial charge in [0.05, 0.1) is 27.2 Å². The van der Waals surface area contributed by atoms with E-state index in [2.05, 4.69) is 21.2 Å². The number of ether oxygens (including phenoxy) is 1. The van der Waals surface area contributed by atoms with E-state index in [1.807, 2.05) is 13.8 Å². The van der Waals surface area contributed by atoms with E-state index in [9.17, 15) is 18.0 Å². The van der Waals surface area contributed by atoms with Crippen molar-refractivity contribution >= 4 is 66.7 Å². The van der Waals surface area contributed by atoms with Crippen molar-refractivity contribution in [1.82, 2.24) is 10.2 Å². The Morgan fingerprint density at radius 3 is 2.19 bits per heavy atom. The number of benzene rings is 3. The smallest absolute Gasteiger partial charge is 0.264 e. The van der Waals surface area contributed by atoms with Crippen LogP contribution in [-0.4, -0.2) is 50.9 Å². The van der Waals surface area contributed by atoms with Gasteiger partial charge in [-0.3, -0.25) is 13.9 Å². The van der Waals surface area contributed by atoms with Gasteiger partial charge in [-0.1, -0.05) is 59.0 Å². The minimum absolute atomic E-state index is 0.0103.